The first-order chi connectivity index (χ1) is 9.27. The van der Waals surface area contributed by atoms with E-state index in [9.17, 15) is 9.59 Å². The molecule has 1 heterocycles. The average molecular weight is 252 g/mol. The number of Topliss-reactive ketones (excluding diaryl/α,β-unsaturated/α-hetero) is 1. The second-order valence-electron chi connectivity index (χ2n) is 4.48. The number of hydrogen-bond acceptors (Lipinski definition) is 3. The van der Waals surface area contributed by atoms with Crippen molar-refractivity contribution in [1.29, 1.82) is 0 Å². The van der Waals surface area contributed by atoms with E-state index < -0.39 is 12.0 Å². The van der Waals surface area contributed by atoms with Crippen molar-refractivity contribution in [2.45, 2.75) is 12.0 Å². The van der Waals surface area contributed by atoms with Gasteiger partial charge in [0.15, 0.2) is 6.10 Å². The molecule has 0 aliphatic carbocycles. The molecule has 19 heavy (non-hydrogen) atoms. The summed E-state index contributed by atoms with van der Waals surface area (Å²) >= 11 is 0. The van der Waals surface area contributed by atoms with Crippen molar-refractivity contribution in [2.24, 2.45) is 0 Å². The molecule has 0 unspecified atom stereocenters. The molecule has 3 nitrogen and oxygen atoms in total. The van der Waals surface area contributed by atoms with Crippen LogP contribution in [0.3, 0.4) is 0 Å². The fraction of sp³-hybridized carbons (Fsp3) is 0.125. The van der Waals surface area contributed by atoms with Gasteiger partial charge in [-0.15, -0.1) is 0 Å². The molecular weight excluding hydrogens is 240 g/mol. The minimum atomic E-state index is -0.697. The molecule has 0 spiro atoms. The van der Waals surface area contributed by atoms with Crippen molar-refractivity contribution in [1.82, 2.24) is 0 Å². The minimum absolute atomic E-state index is 0.144. The van der Waals surface area contributed by atoms with Gasteiger partial charge in [-0.05, 0) is 5.56 Å². The molecule has 0 amide bonds. The molecule has 3 heteroatoms. The van der Waals surface area contributed by atoms with Gasteiger partial charge in [-0.3, -0.25) is 9.59 Å². The van der Waals surface area contributed by atoms with Crippen LogP contribution in [0.15, 0.2) is 60.7 Å². The van der Waals surface area contributed by atoms with Gasteiger partial charge in [0.1, 0.15) is 5.92 Å². The number of hydrogen-bond donors (Lipinski definition) is 0. The lowest BCUT2D eigenvalue weighted by Gasteiger charge is -2.34. The third-order valence-corrected chi connectivity index (χ3v) is 3.28. The second-order valence-corrected chi connectivity index (χ2v) is 4.48. The van der Waals surface area contributed by atoms with E-state index >= 15 is 0 Å². The molecule has 1 aliphatic heterocycles. The summed E-state index contributed by atoms with van der Waals surface area (Å²) in [5.74, 6) is -0.955. The summed E-state index contributed by atoms with van der Waals surface area (Å²) in [7, 11) is 0. The largest absolute Gasteiger partial charge is 0.452 e. The Bertz CT molecular complexity index is 604. The third-order valence-electron chi connectivity index (χ3n) is 3.28. The van der Waals surface area contributed by atoms with E-state index in [1.54, 1.807) is 24.3 Å². The fourth-order valence-corrected chi connectivity index (χ4v) is 2.26. The summed E-state index contributed by atoms with van der Waals surface area (Å²) in [6.07, 6.45) is -0.697. The summed E-state index contributed by atoms with van der Waals surface area (Å²) < 4.78 is 5.03. The molecule has 0 bridgehead atoms. The molecule has 94 valence electrons. The topological polar surface area (TPSA) is 43.4 Å². The van der Waals surface area contributed by atoms with Gasteiger partial charge in [0.2, 0.25) is 5.78 Å². The van der Waals surface area contributed by atoms with Gasteiger partial charge in [-0.1, -0.05) is 60.7 Å². The zero-order valence-corrected chi connectivity index (χ0v) is 10.2. The molecule has 0 radical (unpaired) electrons. The molecule has 1 fully saturated rings. The molecule has 0 saturated carbocycles. The molecular formula is C16H12O3. The van der Waals surface area contributed by atoms with Crippen LogP contribution in [0.1, 0.15) is 21.8 Å². The Balaban J connectivity index is 1.87. The molecule has 3 rings (SSSR count). The van der Waals surface area contributed by atoms with Crippen LogP contribution >= 0.6 is 0 Å². The highest BCUT2D eigenvalue weighted by Gasteiger charge is 2.48. The number of ketones is 1. The number of ether oxygens (including phenoxy) is 1. The summed E-state index contributed by atoms with van der Waals surface area (Å²) in [6.45, 7) is 0. The van der Waals surface area contributed by atoms with Crippen molar-refractivity contribution in [3.8, 4) is 0 Å². The van der Waals surface area contributed by atoms with E-state index in [1.165, 1.54) is 0 Å². The Kier molecular flexibility index (Phi) is 2.88. The maximum absolute atomic E-state index is 12.3. The van der Waals surface area contributed by atoms with Gasteiger partial charge >= 0.3 is 5.97 Å². The first kappa shape index (κ1) is 11.7. The first-order valence-corrected chi connectivity index (χ1v) is 6.12. The monoisotopic (exact) mass is 252 g/mol. The summed E-state index contributed by atoms with van der Waals surface area (Å²) in [5.41, 5.74) is 1.40. The third kappa shape index (κ3) is 2.03. The SMILES string of the molecule is O=C(c1ccccc1)[C@@H]1OC(=O)[C@H]1c1ccccc1. The molecule has 2 aromatic rings. The number of esters is 1. The Morgan fingerprint density at radius 3 is 2.05 bits per heavy atom. The number of rotatable bonds is 3. The van der Waals surface area contributed by atoms with E-state index in [4.69, 9.17) is 4.74 Å². The normalized spacial score (nSPS) is 21.4. The van der Waals surface area contributed by atoms with Gasteiger partial charge in [0, 0.05) is 5.56 Å². The summed E-state index contributed by atoms with van der Waals surface area (Å²) in [5, 5.41) is 0. The first-order valence-electron chi connectivity index (χ1n) is 6.12. The van der Waals surface area contributed by atoms with Gasteiger partial charge in [0.25, 0.3) is 0 Å². The standard InChI is InChI=1S/C16H12O3/c17-14(12-9-5-2-6-10-12)15-13(16(18)19-15)11-7-3-1-4-8-11/h1-10,13,15H/t13-,15+/m0/s1. The highest BCUT2D eigenvalue weighted by molar-refractivity contribution is 6.07. The van der Waals surface area contributed by atoms with Gasteiger partial charge < -0.3 is 4.74 Å². The predicted molar refractivity (Wildman–Crippen MR) is 69.8 cm³/mol. The highest BCUT2D eigenvalue weighted by Crippen LogP contribution is 2.34. The fourth-order valence-electron chi connectivity index (χ4n) is 2.26. The van der Waals surface area contributed by atoms with Crippen LogP contribution in [-0.4, -0.2) is 17.9 Å². The van der Waals surface area contributed by atoms with Crippen LogP contribution in [-0.2, 0) is 9.53 Å². The van der Waals surface area contributed by atoms with Crippen LogP contribution in [0.4, 0.5) is 0 Å². The Morgan fingerprint density at radius 2 is 1.47 bits per heavy atom. The lowest BCUT2D eigenvalue weighted by atomic mass is 9.85. The number of cyclic esters (lactones) is 1. The van der Waals surface area contributed by atoms with E-state index in [0.717, 1.165) is 5.56 Å². The van der Waals surface area contributed by atoms with Crippen LogP contribution in [0.25, 0.3) is 0 Å². The van der Waals surface area contributed by atoms with E-state index in [0.29, 0.717) is 5.56 Å². The second kappa shape index (κ2) is 4.69. The van der Waals surface area contributed by atoms with Crippen molar-refractivity contribution in [3.63, 3.8) is 0 Å². The quantitative estimate of drug-likeness (QED) is 0.623. The number of carbonyl (C=O) groups excluding carboxylic acids is 2. The van der Waals surface area contributed by atoms with Crippen molar-refractivity contribution in [3.05, 3.63) is 71.8 Å². The molecule has 2 aromatic carbocycles. The predicted octanol–water partition coefficient (Wildman–Crippen LogP) is 2.58. The highest BCUT2D eigenvalue weighted by atomic mass is 16.6. The number of carbonyl (C=O) groups is 2. The minimum Gasteiger partial charge on any atom is -0.452 e. The molecule has 2 atom stereocenters. The van der Waals surface area contributed by atoms with Crippen molar-refractivity contribution in [2.75, 3.05) is 0 Å². The van der Waals surface area contributed by atoms with E-state index in [-0.39, 0.29) is 11.8 Å². The molecule has 0 aromatic heterocycles. The Morgan fingerprint density at radius 1 is 0.895 bits per heavy atom. The summed E-state index contributed by atoms with van der Waals surface area (Å²) in [6, 6.07) is 18.2. The average Bonchev–Trinajstić information content (AvgIpc) is 2.46. The van der Waals surface area contributed by atoms with Crippen LogP contribution < -0.4 is 0 Å². The van der Waals surface area contributed by atoms with Crippen LogP contribution in [0.2, 0.25) is 0 Å². The lowest BCUT2D eigenvalue weighted by molar-refractivity contribution is -0.169. The zero-order chi connectivity index (χ0) is 13.2. The van der Waals surface area contributed by atoms with E-state index in [2.05, 4.69) is 0 Å². The van der Waals surface area contributed by atoms with Crippen molar-refractivity contribution >= 4 is 11.8 Å². The van der Waals surface area contributed by atoms with Gasteiger partial charge in [0.05, 0.1) is 0 Å². The Hall–Kier alpha value is -2.42. The lowest BCUT2D eigenvalue weighted by Crippen LogP contribution is -2.48. The van der Waals surface area contributed by atoms with Gasteiger partial charge in [-0.25, -0.2) is 0 Å². The molecule has 1 aliphatic rings. The molecule has 0 N–H and O–H groups in total. The maximum Gasteiger partial charge on any atom is 0.318 e. The summed E-state index contributed by atoms with van der Waals surface area (Å²) in [4.78, 5) is 23.9. The van der Waals surface area contributed by atoms with Crippen LogP contribution in [0, 0.1) is 0 Å². The molecule has 1 saturated heterocycles. The zero-order valence-electron chi connectivity index (χ0n) is 10.2. The smallest absolute Gasteiger partial charge is 0.318 e. The Labute approximate surface area is 110 Å². The van der Waals surface area contributed by atoms with Crippen LogP contribution in [0.5, 0.6) is 0 Å². The number of benzene rings is 2. The maximum atomic E-state index is 12.3. The van der Waals surface area contributed by atoms with Gasteiger partial charge in [-0.2, -0.15) is 0 Å². The van der Waals surface area contributed by atoms with Crippen molar-refractivity contribution < 1.29 is 14.3 Å². The van der Waals surface area contributed by atoms with E-state index in [1.807, 2.05) is 36.4 Å².